The molecule has 1 aromatic carbocycles. The fraction of sp³-hybridized carbons (Fsp3) is 0.444. The van der Waals surface area contributed by atoms with Crippen LogP contribution in [0, 0.1) is 11.7 Å². The molecule has 2 aromatic heterocycles. The molecule has 4 rings (SSSR count). The zero-order valence-electron chi connectivity index (χ0n) is 14.6. The highest BCUT2D eigenvalue weighted by Gasteiger charge is 2.35. The summed E-state index contributed by atoms with van der Waals surface area (Å²) in [4.78, 5) is 10.0. The van der Waals surface area contributed by atoms with E-state index in [0.717, 1.165) is 12.6 Å². The first-order chi connectivity index (χ1) is 12.8. The van der Waals surface area contributed by atoms with E-state index in [1.165, 1.54) is 12.1 Å². The lowest BCUT2D eigenvalue weighted by Crippen LogP contribution is -2.31. The predicted molar refractivity (Wildman–Crippen MR) is 89.3 cm³/mol. The Balaban J connectivity index is 1.39. The number of aromatic nitrogens is 3. The van der Waals surface area contributed by atoms with Crippen LogP contribution in [0.5, 0.6) is 0 Å². The second-order valence-electron chi connectivity index (χ2n) is 7.01. The highest BCUT2D eigenvalue weighted by molar-refractivity contribution is 5.72. The van der Waals surface area contributed by atoms with Crippen LogP contribution in [-0.4, -0.2) is 33.0 Å². The van der Waals surface area contributed by atoms with E-state index in [4.69, 9.17) is 4.42 Å². The second-order valence-corrected chi connectivity index (χ2v) is 7.01. The highest BCUT2D eigenvalue weighted by atomic mass is 19.4. The molecular formula is C18H18F4N4O. The van der Waals surface area contributed by atoms with Gasteiger partial charge in [-0.2, -0.15) is 13.2 Å². The number of hydrogen-bond acceptors (Lipinski definition) is 4. The average molecular weight is 382 g/mol. The molecule has 9 heteroatoms. The van der Waals surface area contributed by atoms with Crippen molar-refractivity contribution in [1.29, 1.82) is 0 Å². The van der Waals surface area contributed by atoms with Gasteiger partial charge in [0.15, 0.2) is 11.3 Å². The largest absolute Gasteiger partial charge is 0.439 e. The van der Waals surface area contributed by atoms with E-state index >= 15 is 0 Å². The van der Waals surface area contributed by atoms with Gasteiger partial charge in [-0.15, -0.1) is 0 Å². The molecule has 0 spiro atoms. The lowest BCUT2D eigenvalue weighted by atomic mass is 9.99. The molecule has 1 atom stereocenters. The van der Waals surface area contributed by atoms with Crippen LogP contribution < -0.4 is 0 Å². The third-order valence-corrected chi connectivity index (χ3v) is 4.75. The SMILES string of the molecule is CN(Cc1nc2cc(F)ccc2o1)C[C@H]1CCc2nc(C(F)(F)F)cn2C1. The maximum absolute atomic E-state index is 13.2. The number of hydrogen-bond donors (Lipinski definition) is 0. The number of imidazole rings is 1. The first-order valence-electron chi connectivity index (χ1n) is 8.64. The van der Waals surface area contributed by atoms with Gasteiger partial charge in [0, 0.05) is 31.8 Å². The zero-order chi connectivity index (χ0) is 19.2. The van der Waals surface area contributed by atoms with Crippen molar-refractivity contribution in [2.24, 2.45) is 5.92 Å². The standard InChI is InChI=1S/C18H18F4N4O/c1-25(10-17-23-13-6-12(19)3-4-14(13)27-17)7-11-2-5-16-24-15(18(20,21)22)9-26(16)8-11/h3-4,6,9,11H,2,5,7-8,10H2,1H3/t11-/m1/s1. The Morgan fingerprint density at radius 1 is 1.30 bits per heavy atom. The number of rotatable bonds is 4. The van der Waals surface area contributed by atoms with E-state index in [0.29, 0.717) is 48.9 Å². The minimum Gasteiger partial charge on any atom is -0.439 e. The summed E-state index contributed by atoms with van der Waals surface area (Å²) in [6.07, 6.45) is -2.02. The molecule has 0 saturated carbocycles. The van der Waals surface area contributed by atoms with Crippen LogP contribution in [0.3, 0.4) is 0 Å². The molecule has 1 aliphatic heterocycles. The Morgan fingerprint density at radius 2 is 2.11 bits per heavy atom. The van der Waals surface area contributed by atoms with E-state index in [9.17, 15) is 17.6 Å². The smallest absolute Gasteiger partial charge is 0.434 e. The number of halogens is 4. The van der Waals surface area contributed by atoms with Gasteiger partial charge in [-0.1, -0.05) is 0 Å². The molecule has 144 valence electrons. The Morgan fingerprint density at radius 3 is 2.89 bits per heavy atom. The van der Waals surface area contributed by atoms with Gasteiger partial charge < -0.3 is 8.98 Å². The number of alkyl halides is 3. The summed E-state index contributed by atoms with van der Waals surface area (Å²) >= 11 is 0. The third-order valence-electron chi connectivity index (χ3n) is 4.75. The molecule has 0 N–H and O–H groups in total. The average Bonchev–Trinajstić information content (AvgIpc) is 3.16. The van der Waals surface area contributed by atoms with Crippen LogP contribution >= 0.6 is 0 Å². The maximum Gasteiger partial charge on any atom is 0.434 e. The summed E-state index contributed by atoms with van der Waals surface area (Å²) in [5.74, 6) is 0.811. The number of nitrogens with zero attached hydrogens (tertiary/aromatic N) is 4. The summed E-state index contributed by atoms with van der Waals surface area (Å²) < 4.78 is 58.9. The van der Waals surface area contributed by atoms with Crippen molar-refractivity contribution in [3.63, 3.8) is 0 Å². The van der Waals surface area contributed by atoms with Crippen LogP contribution in [0.2, 0.25) is 0 Å². The van der Waals surface area contributed by atoms with Gasteiger partial charge in [0.2, 0.25) is 5.89 Å². The highest BCUT2D eigenvalue weighted by Crippen LogP contribution is 2.31. The van der Waals surface area contributed by atoms with Crippen LogP contribution in [-0.2, 0) is 25.7 Å². The monoisotopic (exact) mass is 382 g/mol. The molecule has 3 aromatic rings. The predicted octanol–water partition coefficient (Wildman–Crippen LogP) is 3.88. The molecule has 0 aliphatic carbocycles. The van der Waals surface area contributed by atoms with Gasteiger partial charge in [-0.05, 0) is 31.5 Å². The molecule has 1 aliphatic rings. The summed E-state index contributed by atoms with van der Waals surface area (Å²) in [6.45, 7) is 1.63. The molecule has 5 nitrogen and oxygen atoms in total. The quantitative estimate of drug-likeness (QED) is 0.643. The Hall–Kier alpha value is -2.42. The van der Waals surface area contributed by atoms with Crippen molar-refractivity contribution in [2.45, 2.75) is 32.1 Å². The summed E-state index contributed by atoms with van der Waals surface area (Å²) in [6, 6.07) is 4.18. The Kier molecular flexibility index (Phi) is 4.41. The van der Waals surface area contributed by atoms with Crippen LogP contribution in [0.4, 0.5) is 17.6 Å². The number of oxazole rings is 1. The first kappa shape index (κ1) is 18.0. The van der Waals surface area contributed by atoms with Crippen LogP contribution in [0.1, 0.15) is 23.8 Å². The van der Waals surface area contributed by atoms with Crippen molar-refractivity contribution >= 4 is 11.1 Å². The number of fused-ring (bicyclic) bond motifs is 2. The minimum atomic E-state index is -4.41. The van der Waals surface area contributed by atoms with Gasteiger partial charge in [-0.25, -0.2) is 14.4 Å². The van der Waals surface area contributed by atoms with E-state index in [1.807, 2.05) is 11.9 Å². The number of benzene rings is 1. The van der Waals surface area contributed by atoms with Gasteiger partial charge in [0.25, 0.3) is 0 Å². The Bertz CT molecular complexity index is 962. The summed E-state index contributed by atoms with van der Waals surface area (Å²) in [5.41, 5.74) is 0.171. The minimum absolute atomic E-state index is 0.208. The van der Waals surface area contributed by atoms with Crippen LogP contribution in [0.25, 0.3) is 11.1 Å². The van der Waals surface area contributed by atoms with Crippen molar-refractivity contribution in [3.05, 3.63) is 47.6 Å². The van der Waals surface area contributed by atoms with Crippen LogP contribution in [0.15, 0.2) is 28.8 Å². The van der Waals surface area contributed by atoms with Gasteiger partial charge in [0.1, 0.15) is 17.2 Å². The van der Waals surface area contributed by atoms with Gasteiger partial charge in [0.05, 0.1) is 6.54 Å². The molecule has 0 radical (unpaired) electrons. The van der Waals surface area contributed by atoms with Crippen molar-refractivity contribution in [3.8, 4) is 0 Å². The topological polar surface area (TPSA) is 47.1 Å². The lowest BCUT2D eigenvalue weighted by Gasteiger charge is -2.27. The fourth-order valence-electron chi connectivity index (χ4n) is 3.55. The van der Waals surface area contributed by atoms with E-state index < -0.39 is 11.9 Å². The molecule has 0 unspecified atom stereocenters. The molecular weight excluding hydrogens is 364 g/mol. The van der Waals surface area contributed by atoms with E-state index in [2.05, 4.69) is 9.97 Å². The maximum atomic E-state index is 13.2. The summed E-state index contributed by atoms with van der Waals surface area (Å²) in [7, 11) is 1.90. The molecule has 0 fully saturated rings. The van der Waals surface area contributed by atoms with Crippen molar-refractivity contribution in [1.82, 2.24) is 19.4 Å². The molecule has 3 heterocycles. The summed E-state index contributed by atoms with van der Waals surface area (Å²) in [5, 5.41) is 0. The van der Waals surface area contributed by atoms with Gasteiger partial charge >= 0.3 is 6.18 Å². The van der Waals surface area contributed by atoms with E-state index in [-0.39, 0.29) is 11.7 Å². The molecule has 27 heavy (non-hydrogen) atoms. The van der Waals surface area contributed by atoms with Gasteiger partial charge in [-0.3, -0.25) is 4.90 Å². The van der Waals surface area contributed by atoms with Crippen molar-refractivity contribution in [2.75, 3.05) is 13.6 Å². The lowest BCUT2D eigenvalue weighted by molar-refractivity contribution is -0.141. The zero-order valence-corrected chi connectivity index (χ0v) is 14.6. The first-order valence-corrected chi connectivity index (χ1v) is 8.64. The Labute approximate surface area is 152 Å². The van der Waals surface area contributed by atoms with Crippen molar-refractivity contribution < 1.29 is 22.0 Å². The molecule has 0 saturated heterocycles. The van der Waals surface area contributed by atoms with E-state index in [1.54, 1.807) is 10.6 Å². The molecule has 0 bridgehead atoms. The normalized spacial score (nSPS) is 17.6. The second kappa shape index (κ2) is 6.63. The number of aryl methyl sites for hydroxylation is 1. The molecule has 0 amide bonds. The fourth-order valence-corrected chi connectivity index (χ4v) is 3.55. The third kappa shape index (κ3) is 3.83.